The normalized spacial score (nSPS) is 25.7. The van der Waals surface area contributed by atoms with Crippen molar-refractivity contribution < 1.29 is 9.59 Å². The second-order valence-corrected chi connectivity index (χ2v) is 7.34. The van der Waals surface area contributed by atoms with Crippen LogP contribution in [-0.2, 0) is 15.0 Å². The molecule has 1 aliphatic carbocycles. The fraction of sp³-hybridized carbons (Fsp3) is 0.263. The zero-order chi connectivity index (χ0) is 16.9. The second-order valence-electron chi connectivity index (χ2n) is 6.47. The summed E-state index contributed by atoms with van der Waals surface area (Å²) in [6, 6.07) is 12.9. The number of hydrogen-bond donors (Lipinski definition) is 1. The highest BCUT2D eigenvalue weighted by molar-refractivity contribution is 6.31. The minimum absolute atomic E-state index is 0.0581. The molecule has 2 atom stereocenters. The molecule has 2 aromatic carbocycles. The highest BCUT2D eigenvalue weighted by Crippen LogP contribution is 2.54. The van der Waals surface area contributed by atoms with Crippen LogP contribution in [0.2, 0.25) is 10.0 Å². The molecule has 0 aromatic heterocycles. The van der Waals surface area contributed by atoms with E-state index in [2.05, 4.69) is 5.32 Å². The molecule has 1 N–H and O–H groups in total. The van der Waals surface area contributed by atoms with Gasteiger partial charge in [0.1, 0.15) is 5.78 Å². The standard InChI is InChI=1S/C19H15Cl2NO2/c20-12-3-1-2-11(8-12)16-10-14(23)6-7-19(16)15-5-4-13(21)9-17(15)22-18(19)24/h1-5,8-9,16H,6-7,10H2,(H,22,24)/t16-,19-/m0/s1. The summed E-state index contributed by atoms with van der Waals surface area (Å²) in [7, 11) is 0. The molecule has 4 rings (SSSR count). The lowest BCUT2D eigenvalue weighted by atomic mass is 9.60. The summed E-state index contributed by atoms with van der Waals surface area (Å²) in [5.74, 6) is -0.0991. The Kier molecular flexibility index (Phi) is 3.66. The zero-order valence-electron chi connectivity index (χ0n) is 12.8. The van der Waals surface area contributed by atoms with Crippen molar-refractivity contribution in [3.8, 4) is 0 Å². The molecule has 0 bridgehead atoms. The highest BCUT2D eigenvalue weighted by Gasteiger charge is 2.55. The highest BCUT2D eigenvalue weighted by atomic mass is 35.5. The van der Waals surface area contributed by atoms with Gasteiger partial charge in [0.15, 0.2) is 0 Å². The molecule has 1 heterocycles. The van der Waals surface area contributed by atoms with E-state index in [1.54, 1.807) is 18.2 Å². The molecule has 24 heavy (non-hydrogen) atoms. The number of benzene rings is 2. The molecule has 1 amide bonds. The van der Waals surface area contributed by atoms with Crippen LogP contribution in [0.4, 0.5) is 5.69 Å². The Morgan fingerprint density at radius 1 is 1.04 bits per heavy atom. The lowest BCUT2D eigenvalue weighted by Gasteiger charge is -2.39. The zero-order valence-corrected chi connectivity index (χ0v) is 14.3. The average Bonchev–Trinajstić information content (AvgIpc) is 2.81. The SMILES string of the molecule is O=C1CC[C@@]2(C(=O)Nc3cc(Cl)ccc32)[C@H](c2cccc(Cl)c2)C1. The van der Waals surface area contributed by atoms with Crippen molar-refractivity contribution in [1.82, 2.24) is 0 Å². The first kappa shape index (κ1) is 15.7. The van der Waals surface area contributed by atoms with Gasteiger partial charge in [0, 0.05) is 34.5 Å². The first-order valence-corrected chi connectivity index (χ1v) is 8.65. The number of Topliss-reactive ketones (excluding diaryl/α,β-unsaturated/α-hetero) is 1. The molecule has 1 spiro atoms. The Hall–Kier alpha value is -1.84. The van der Waals surface area contributed by atoms with Crippen LogP contribution in [0.15, 0.2) is 42.5 Å². The van der Waals surface area contributed by atoms with Crippen molar-refractivity contribution in [2.45, 2.75) is 30.6 Å². The van der Waals surface area contributed by atoms with Crippen molar-refractivity contribution in [3.05, 3.63) is 63.6 Å². The Morgan fingerprint density at radius 2 is 1.83 bits per heavy atom. The minimum Gasteiger partial charge on any atom is -0.325 e. The van der Waals surface area contributed by atoms with Crippen LogP contribution < -0.4 is 5.32 Å². The predicted octanol–water partition coefficient (Wildman–Crippen LogP) is 4.72. The maximum atomic E-state index is 13.0. The van der Waals surface area contributed by atoms with Gasteiger partial charge in [-0.1, -0.05) is 41.4 Å². The molecule has 2 aromatic rings. The minimum atomic E-state index is -0.738. The molecular weight excluding hydrogens is 345 g/mol. The van der Waals surface area contributed by atoms with Crippen molar-refractivity contribution in [2.24, 2.45) is 0 Å². The average molecular weight is 360 g/mol. The third kappa shape index (κ3) is 2.27. The molecule has 3 nitrogen and oxygen atoms in total. The van der Waals surface area contributed by atoms with Gasteiger partial charge < -0.3 is 5.32 Å². The maximum absolute atomic E-state index is 13.0. The van der Waals surface area contributed by atoms with Crippen LogP contribution in [0.3, 0.4) is 0 Å². The molecule has 1 saturated carbocycles. The molecule has 2 aliphatic rings. The quantitative estimate of drug-likeness (QED) is 0.800. The molecule has 0 unspecified atom stereocenters. The van der Waals surface area contributed by atoms with E-state index in [1.807, 2.05) is 24.3 Å². The molecule has 5 heteroatoms. The largest absolute Gasteiger partial charge is 0.325 e. The number of amides is 1. The van der Waals surface area contributed by atoms with E-state index in [0.29, 0.717) is 29.3 Å². The van der Waals surface area contributed by atoms with Gasteiger partial charge in [0.25, 0.3) is 0 Å². The molecule has 122 valence electrons. The van der Waals surface area contributed by atoms with Gasteiger partial charge >= 0.3 is 0 Å². The van der Waals surface area contributed by atoms with Crippen LogP contribution in [0.5, 0.6) is 0 Å². The number of nitrogens with one attached hydrogen (secondary N) is 1. The number of carbonyl (C=O) groups is 2. The predicted molar refractivity (Wildman–Crippen MR) is 94.8 cm³/mol. The third-order valence-corrected chi connectivity index (χ3v) is 5.66. The Bertz CT molecular complexity index is 864. The first-order valence-electron chi connectivity index (χ1n) is 7.89. The number of halogens is 2. The number of rotatable bonds is 1. The van der Waals surface area contributed by atoms with Crippen LogP contribution in [0.25, 0.3) is 0 Å². The lowest BCUT2D eigenvalue weighted by molar-refractivity contribution is -0.127. The van der Waals surface area contributed by atoms with E-state index < -0.39 is 5.41 Å². The molecule has 0 saturated heterocycles. The molecule has 1 aliphatic heterocycles. The van der Waals surface area contributed by atoms with E-state index in [0.717, 1.165) is 16.8 Å². The van der Waals surface area contributed by atoms with E-state index in [-0.39, 0.29) is 17.6 Å². The van der Waals surface area contributed by atoms with Gasteiger partial charge in [-0.2, -0.15) is 0 Å². The summed E-state index contributed by atoms with van der Waals surface area (Å²) in [5.41, 5.74) is 1.86. The number of fused-ring (bicyclic) bond motifs is 2. The van der Waals surface area contributed by atoms with Gasteiger partial charge in [-0.05, 0) is 41.8 Å². The summed E-state index contributed by atoms with van der Waals surface area (Å²) in [6.45, 7) is 0. The van der Waals surface area contributed by atoms with E-state index >= 15 is 0 Å². The smallest absolute Gasteiger partial charge is 0.235 e. The monoisotopic (exact) mass is 359 g/mol. The summed E-state index contributed by atoms with van der Waals surface area (Å²) in [5, 5.41) is 4.15. The van der Waals surface area contributed by atoms with Crippen molar-refractivity contribution >= 4 is 40.6 Å². The van der Waals surface area contributed by atoms with Gasteiger partial charge in [-0.3, -0.25) is 9.59 Å². The summed E-state index contributed by atoms with van der Waals surface area (Å²) in [6.07, 6.45) is 1.26. The molecular formula is C19H15Cl2NO2. The van der Waals surface area contributed by atoms with Gasteiger partial charge in [-0.25, -0.2) is 0 Å². The van der Waals surface area contributed by atoms with Crippen LogP contribution in [0, 0.1) is 0 Å². The summed E-state index contributed by atoms with van der Waals surface area (Å²) in [4.78, 5) is 25.2. The summed E-state index contributed by atoms with van der Waals surface area (Å²) >= 11 is 12.2. The second kappa shape index (κ2) is 5.61. The molecule has 1 fully saturated rings. The van der Waals surface area contributed by atoms with Crippen molar-refractivity contribution in [3.63, 3.8) is 0 Å². The number of anilines is 1. The van der Waals surface area contributed by atoms with Gasteiger partial charge in [0.2, 0.25) is 5.91 Å². The van der Waals surface area contributed by atoms with Crippen molar-refractivity contribution in [1.29, 1.82) is 0 Å². The van der Waals surface area contributed by atoms with Crippen LogP contribution >= 0.6 is 23.2 Å². The van der Waals surface area contributed by atoms with Crippen LogP contribution in [0.1, 0.15) is 36.3 Å². The fourth-order valence-corrected chi connectivity index (χ4v) is 4.47. The topological polar surface area (TPSA) is 46.2 Å². The van der Waals surface area contributed by atoms with E-state index in [4.69, 9.17) is 23.2 Å². The van der Waals surface area contributed by atoms with E-state index in [1.165, 1.54) is 0 Å². The van der Waals surface area contributed by atoms with Gasteiger partial charge in [0.05, 0.1) is 5.41 Å². The lowest BCUT2D eigenvalue weighted by Crippen LogP contribution is -2.44. The maximum Gasteiger partial charge on any atom is 0.235 e. The first-order chi connectivity index (χ1) is 11.5. The molecule has 0 radical (unpaired) electrons. The third-order valence-electron chi connectivity index (χ3n) is 5.19. The number of ketones is 1. The Labute approximate surface area is 150 Å². The number of hydrogen-bond acceptors (Lipinski definition) is 2. The van der Waals surface area contributed by atoms with Crippen molar-refractivity contribution in [2.75, 3.05) is 5.32 Å². The van der Waals surface area contributed by atoms with Crippen LogP contribution in [-0.4, -0.2) is 11.7 Å². The Balaban J connectivity index is 1.91. The number of carbonyl (C=O) groups excluding carboxylic acids is 2. The van der Waals surface area contributed by atoms with E-state index in [9.17, 15) is 9.59 Å². The van der Waals surface area contributed by atoms with Gasteiger partial charge in [-0.15, -0.1) is 0 Å². The fourth-order valence-electron chi connectivity index (χ4n) is 4.10. The summed E-state index contributed by atoms with van der Waals surface area (Å²) < 4.78 is 0. The Morgan fingerprint density at radius 3 is 2.62 bits per heavy atom.